The molecule has 4 N–H and O–H groups in total. The Hall–Kier alpha value is -0.770. The molecule has 0 aromatic carbocycles. The number of aliphatic hydroxyl groups excluding tert-OH is 1. The first-order valence-corrected chi connectivity index (χ1v) is 4.39. The van der Waals surface area contributed by atoms with Crippen molar-refractivity contribution in [1.82, 2.24) is 5.32 Å². The Balaban J connectivity index is 2.14. The number of nitrogens with two attached hydrogens (primary N) is 1. The van der Waals surface area contributed by atoms with Crippen LogP contribution in [0.2, 0.25) is 0 Å². The molecule has 1 saturated carbocycles. The van der Waals surface area contributed by atoms with Crippen LogP contribution < -0.4 is 11.1 Å². The van der Waals surface area contributed by atoms with E-state index in [-0.39, 0.29) is 12.5 Å². The molecule has 4 heteroatoms. The quantitative estimate of drug-likeness (QED) is 0.401. The molecule has 1 aliphatic carbocycles. The number of guanidine groups is 1. The van der Waals surface area contributed by atoms with Crippen LogP contribution in [0.1, 0.15) is 19.8 Å². The molecule has 0 radical (unpaired) electrons. The van der Waals surface area contributed by atoms with E-state index in [0.717, 1.165) is 0 Å². The van der Waals surface area contributed by atoms with Gasteiger partial charge in [0.15, 0.2) is 5.96 Å². The van der Waals surface area contributed by atoms with Gasteiger partial charge in [-0.3, -0.25) is 4.99 Å². The smallest absolute Gasteiger partial charge is 0.188 e. The van der Waals surface area contributed by atoms with Crippen LogP contribution in [0.15, 0.2) is 4.99 Å². The van der Waals surface area contributed by atoms with E-state index >= 15 is 0 Å². The van der Waals surface area contributed by atoms with Crippen LogP contribution in [0.5, 0.6) is 0 Å². The Morgan fingerprint density at radius 3 is 2.92 bits per heavy atom. The van der Waals surface area contributed by atoms with Crippen LogP contribution in [-0.2, 0) is 0 Å². The zero-order chi connectivity index (χ0) is 8.97. The molecule has 0 aromatic rings. The van der Waals surface area contributed by atoms with Crippen LogP contribution in [0.4, 0.5) is 0 Å². The van der Waals surface area contributed by atoms with Gasteiger partial charge in [-0.2, -0.15) is 0 Å². The molecule has 1 atom stereocenters. The van der Waals surface area contributed by atoms with Gasteiger partial charge in [0.1, 0.15) is 0 Å². The lowest BCUT2D eigenvalue weighted by Gasteiger charge is -2.05. The van der Waals surface area contributed by atoms with Gasteiger partial charge < -0.3 is 16.2 Å². The maximum Gasteiger partial charge on any atom is 0.188 e. The van der Waals surface area contributed by atoms with Crippen molar-refractivity contribution in [1.29, 1.82) is 0 Å². The normalized spacial score (nSPS) is 20.7. The number of aliphatic hydroxyl groups is 1. The summed E-state index contributed by atoms with van der Waals surface area (Å²) >= 11 is 0. The molecule has 0 heterocycles. The minimum Gasteiger partial charge on any atom is -0.396 e. The third-order valence-corrected chi connectivity index (χ3v) is 1.81. The standard InChI is InChI=1S/C8H17N3O/c1-6(5-12)4-10-8(9)11-7-2-3-7/h6-7,12H,2-5H2,1H3,(H3,9,10,11). The number of hydrogen-bond donors (Lipinski definition) is 3. The van der Waals surface area contributed by atoms with Crippen LogP contribution in [0.3, 0.4) is 0 Å². The number of nitrogens with one attached hydrogen (secondary N) is 1. The zero-order valence-electron chi connectivity index (χ0n) is 7.45. The van der Waals surface area contributed by atoms with Gasteiger partial charge in [0.05, 0.1) is 0 Å². The Morgan fingerprint density at radius 2 is 2.42 bits per heavy atom. The van der Waals surface area contributed by atoms with Gasteiger partial charge in [0.2, 0.25) is 0 Å². The van der Waals surface area contributed by atoms with Crippen LogP contribution in [0, 0.1) is 5.92 Å². The lowest BCUT2D eigenvalue weighted by atomic mass is 10.2. The van der Waals surface area contributed by atoms with Gasteiger partial charge in [0.25, 0.3) is 0 Å². The fourth-order valence-corrected chi connectivity index (χ4v) is 0.794. The lowest BCUT2D eigenvalue weighted by molar-refractivity contribution is 0.241. The van der Waals surface area contributed by atoms with Crippen LogP contribution >= 0.6 is 0 Å². The van der Waals surface area contributed by atoms with Crippen molar-refractivity contribution in [2.45, 2.75) is 25.8 Å². The van der Waals surface area contributed by atoms with Gasteiger partial charge in [-0.05, 0) is 18.8 Å². The molecular formula is C8H17N3O. The molecule has 1 fully saturated rings. The summed E-state index contributed by atoms with van der Waals surface area (Å²) in [5.74, 6) is 0.711. The monoisotopic (exact) mass is 171 g/mol. The van der Waals surface area contributed by atoms with Crippen LogP contribution in [-0.4, -0.2) is 30.3 Å². The molecule has 70 valence electrons. The first-order chi connectivity index (χ1) is 5.72. The zero-order valence-corrected chi connectivity index (χ0v) is 7.45. The van der Waals surface area contributed by atoms with E-state index in [0.29, 0.717) is 18.5 Å². The van der Waals surface area contributed by atoms with E-state index in [1.807, 2.05) is 6.92 Å². The predicted octanol–water partition coefficient (Wildman–Crippen LogP) is -0.318. The van der Waals surface area contributed by atoms with Crippen molar-refractivity contribution in [3.63, 3.8) is 0 Å². The van der Waals surface area contributed by atoms with E-state index in [1.54, 1.807) is 0 Å². The Bertz CT molecular complexity index is 166. The second-order valence-electron chi connectivity index (χ2n) is 3.43. The molecule has 0 aromatic heterocycles. The molecule has 0 spiro atoms. The highest BCUT2D eigenvalue weighted by molar-refractivity contribution is 5.78. The average Bonchev–Trinajstić information content (AvgIpc) is 2.84. The van der Waals surface area contributed by atoms with Gasteiger partial charge in [-0.15, -0.1) is 0 Å². The molecule has 1 rings (SSSR count). The van der Waals surface area contributed by atoms with E-state index < -0.39 is 0 Å². The van der Waals surface area contributed by atoms with Crippen molar-refractivity contribution in [3.8, 4) is 0 Å². The summed E-state index contributed by atoms with van der Waals surface area (Å²) in [4.78, 5) is 4.10. The summed E-state index contributed by atoms with van der Waals surface area (Å²) in [5.41, 5.74) is 5.57. The maximum atomic E-state index is 8.71. The van der Waals surface area contributed by atoms with Crippen molar-refractivity contribution in [2.75, 3.05) is 13.2 Å². The number of hydrogen-bond acceptors (Lipinski definition) is 2. The molecule has 12 heavy (non-hydrogen) atoms. The number of aliphatic imine (C=N–C) groups is 1. The van der Waals surface area contributed by atoms with Crippen molar-refractivity contribution in [3.05, 3.63) is 0 Å². The third kappa shape index (κ3) is 3.57. The van der Waals surface area contributed by atoms with Gasteiger partial charge in [0, 0.05) is 19.2 Å². The highest BCUT2D eigenvalue weighted by Crippen LogP contribution is 2.17. The average molecular weight is 171 g/mol. The van der Waals surface area contributed by atoms with Gasteiger partial charge in [-0.25, -0.2) is 0 Å². The topological polar surface area (TPSA) is 70.6 Å². The Kier molecular flexibility index (Phi) is 3.34. The number of nitrogens with zero attached hydrogens (tertiary/aromatic N) is 1. The minimum absolute atomic E-state index is 0.167. The SMILES string of the molecule is CC(CO)CN=C(N)NC1CC1. The van der Waals surface area contributed by atoms with E-state index in [2.05, 4.69) is 10.3 Å². The molecular weight excluding hydrogens is 154 g/mol. The molecule has 0 saturated heterocycles. The summed E-state index contributed by atoms with van der Waals surface area (Å²) in [6.45, 7) is 2.70. The van der Waals surface area contributed by atoms with E-state index in [1.165, 1.54) is 12.8 Å². The third-order valence-electron chi connectivity index (χ3n) is 1.81. The first kappa shape index (κ1) is 9.32. The second-order valence-corrected chi connectivity index (χ2v) is 3.43. The maximum absolute atomic E-state index is 8.71. The highest BCUT2D eigenvalue weighted by atomic mass is 16.3. The van der Waals surface area contributed by atoms with E-state index in [9.17, 15) is 0 Å². The van der Waals surface area contributed by atoms with Crippen molar-refractivity contribution in [2.24, 2.45) is 16.6 Å². The summed E-state index contributed by atoms with van der Waals surface area (Å²) in [7, 11) is 0. The fraction of sp³-hybridized carbons (Fsp3) is 0.875. The Morgan fingerprint density at radius 1 is 1.75 bits per heavy atom. The van der Waals surface area contributed by atoms with Crippen molar-refractivity contribution >= 4 is 5.96 Å². The summed E-state index contributed by atoms with van der Waals surface area (Å²) in [6, 6.07) is 0.554. The predicted molar refractivity (Wildman–Crippen MR) is 48.9 cm³/mol. The summed E-state index contributed by atoms with van der Waals surface area (Å²) < 4.78 is 0. The van der Waals surface area contributed by atoms with Gasteiger partial charge >= 0.3 is 0 Å². The Labute approximate surface area is 72.9 Å². The van der Waals surface area contributed by atoms with E-state index in [4.69, 9.17) is 10.8 Å². The highest BCUT2D eigenvalue weighted by Gasteiger charge is 2.21. The number of rotatable bonds is 4. The first-order valence-electron chi connectivity index (χ1n) is 4.39. The molecule has 1 unspecified atom stereocenters. The summed E-state index contributed by atoms with van der Waals surface area (Å²) in [6.07, 6.45) is 2.40. The fourth-order valence-electron chi connectivity index (χ4n) is 0.794. The van der Waals surface area contributed by atoms with Crippen LogP contribution in [0.25, 0.3) is 0 Å². The molecule has 4 nitrogen and oxygen atoms in total. The molecule has 1 aliphatic rings. The minimum atomic E-state index is 0.167. The summed E-state index contributed by atoms with van der Waals surface area (Å²) in [5, 5.41) is 11.8. The lowest BCUT2D eigenvalue weighted by Crippen LogP contribution is -2.33. The van der Waals surface area contributed by atoms with Gasteiger partial charge in [-0.1, -0.05) is 6.92 Å². The van der Waals surface area contributed by atoms with Crippen molar-refractivity contribution < 1.29 is 5.11 Å². The molecule has 0 bridgehead atoms. The second kappa shape index (κ2) is 4.30. The molecule has 0 amide bonds. The molecule has 0 aliphatic heterocycles. The largest absolute Gasteiger partial charge is 0.396 e.